The largest absolute Gasteiger partial charge is 0.499 e. The summed E-state index contributed by atoms with van der Waals surface area (Å²) >= 11 is 1.23. The van der Waals surface area contributed by atoms with Gasteiger partial charge in [0.2, 0.25) is 5.91 Å². The van der Waals surface area contributed by atoms with Crippen molar-refractivity contribution < 1.29 is 36.3 Å². The molecule has 0 spiro atoms. The van der Waals surface area contributed by atoms with E-state index in [9.17, 15) is 31.5 Å². The molecule has 1 atom stereocenters. The summed E-state index contributed by atoms with van der Waals surface area (Å²) in [5, 5.41) is 7.73. The fourth-order valence-electron chi connectivity index (χ4n) is 5.56. The normalized spacial score (nSPS) is 17.4. The average molecular weight is 685 g/mol. The summed E-state index contributed by atoms with van der Waals surface area (Å²) in [6.45, 7) is 6.04. The fraction of sp³-hybridized carbons (Fsp3) is 0.303. The van der Waals surface area contributed by atoms with Crippen LogP contribution in [0.5, 0.6) is 5.75 Å². The van der Waals surface area contributed by atoms with Crippen LogP contribution in [0.25, 0.3) is 17.1 Å². The minimum Gasteiger partial charge on any atom is -0.426 e. The van der Waals surface area contributed by atoms with Gasteiger partial charge >= 0.3 is 18.3 Å². The molecule has 1 saturated heterocycles. The van der Waals surface area contributed by atoms with Gasteiger partial charge in [-0.3, -0.25) is 9.69 Å². The molecule has 250 valence electrons. The lowest BCUT2D eigenvalue weighted by Crippen LogP contribution is -2.41. The first kappa shape index (κ1) is 33.1. The maximum atomic E-state index is 13.2. The number of rotatable bonds is 7. The summed E-state index contributed by atoms with van der Waals surface area (Å²) < 4.78 is 68.9. The lowest BCUT2D eigenvalue weighted by molar-refractivity contribution is -0.360. The number of carbonyl (C=O) groups is 2. The number of alkyl halides is 5. The lowest BCUT2D eigenvalue weighted by Gasteiger charge is -2.22. The van der Waals surface area contributed by atoms with Crippen LogP contribution in [0.15, 0.2) is 72.0 Å². The minimum absolute atomic E-state index is 0.132. The van der Waals surface area contributed by atoms with Gasteiger partial charge in [-0.15, -0.1) is 5.10 Å². The zero-order valence-electron chi connectivity index (χ0n) is 25.9. The number of hydrogen-bond acceptors (Lipinski definition) is 6. The van der Waals surface area contributed by atoms with Crippen molar-refractivity contribution in [2.45, 2.75) is 57.9 Å². The van der Waals surface area contributed by atoms with Crippen LogP contribution in [0, 0.1) is 6.92 Å². The van der Waals surface area contributed by atoms with Crippen molar-refractivity contribution in [3.05, 3.63) is 89.2 Å². The predicted octanol–water partition coefficient (Wildman–Crippen LogP) is 7.21. The number of nitrogens with zero attached hydrogens (tertiary/aromatic N) is 5. The number of aliphatic imine (C=N–C) groups is 1. The van der Waals surface area contributed by atoms with E-state index in [1.165, 1.54) is 39.8 Å². The Morgan fingerprint density at radius 1 is 1.02 bits per heavy atom. The fourth-order valence-corrected chi connectivity index (χ4v) is 6.42. The van der Waals surface area contributed by atoms with Crippen molar-refractivity contribution in [2.75, 3.05) is 10.7 Å². The van der Waals surface area contributed by atoms with E-state index < -0.39 is 24.1 Å². The highest BCUT2D eigenvalue weighted by molar-refractivity contribution is 8.15. The Morgan fingerprint density at radius 3 is 2.46 bits per heavy atom. The first-order valence-electron chi connectivity index (χ1n) is 14.9. The highest BCUT2D eigenvalue weighted by Gasteiger charge is 2.61. The van der Waals surface area contributed by atoms with E-state index in [1.54, 1.807) is 0 Å². The number of anilines is 1. The molecule has 1 fully saturated rings. The Balaban J connectivity index is 1.11. The van der Waals surface area contributed by atoms with Crippen molar-refractivity contribution >= 4 is 34.6 Å². The lowest BCUT2D eigenvalue weighted by atomic mass is 9.99. The molecule has 48 heavy (non-hydrogen) atoms. The van der Waals surface area contributed by atoms with Gasteiger partial charge in [-0.1, -0.05) is 49.9 Å². The zero-order chi connectivity index (χ0) is 34.4. The molecule has 15 heteroatoms. The molecule has 1 aliphatic heterocycles. The molecule has 2 heterocycles. The molecule has 4 aromatic rings. The van der Waals surface area contributed by atoms with Crippen LogP contribution in [-0.2, 0) is 17.6 Å². The quantitative estimate of drug-likeness (QED) is 0.207. The Labute approximate surface area is 276 Å². The van der Waals surface area contributed by atoms with E-state index in [0.29, 0.717) is 35.1 Å². The number of urea groups is 1. The van der Waals surface area contributed by atoms with Gasteiger partial charge in [0.15, 0.2) is 11.0 Å². The van der Waals surface area contributed by atoms with Crippen molar-refractivity contribution in [3.63, 3.8) is 0 Å². The van der Waals surface area contributed by atoms with Gasteiger partial charge in [0.25, 0.3) is 0 Å². The van der Waals surface area contributed by atoms with Crippen molar-refractivity contribution in [1.82, 2.24) is 20.1 Å². The van der Waals surface area contributed by atoms with Crippen molar-refractivity contribution in [2.24, 2.45) is 4.99 Å². The molecule has 1 aliphatic carbocycles. The molecule has 9 nitrogen and oxygen atoms in total. The van der Waals surface area contributed by atoms with Crippen LogP contribution in [0.2, 0.25) is 0 Å². The highest BCUT2D eigenvalue weighted by Crippen LogP contribution is 2.38. The van der Waals surface area contributed by atoms with E-state index in [2.05, 4.69) is 25.1 Å². The molecular formula is C33H29F5N6O3S. The summed E-state index contributed by atoms with van der Waals surface area (Å²) in [5.41, 5.74) is 5.81. The molecule has 1 aromatic heterocycles. The van der Waals surface area contributed by atoms with Crippen LogP contribution >= 0.6 is 11.8 Å². The molecule has 3 amide bonds. The third-order valence-electron chi connectivity index (χ3n) is 7.91. The van der Waals surface area contributed by atoms with Crippen LogP contribution < -0.4 is 15.0 Å². The number of benzene rings is 3. The molecule has 0 saturated carbocycles. The smallest absolute Gasteiger partial charge is 0.426 e. The van der Waals surface area contributed by atoms with Gasteiger partial charge in [-0.2, -0.15) is 26.9 Å². The molecule has 0 bridgehead atoms. The first-order chi connectivity index (χ1) is 22.7. The summed E-state index contributed by atoms with van der Waals surface area (Å²) in [6, 6.07) is 15.4. The number of amidine groups is 1. The van der Waals surface area contributed by atoms with Crippen molar-refractivity contribution in [3.8, 4) is 22.8 Å². The van der Waals surface area contributed by atoms with Gasteiger partial charge < -0.3 is 10.1 Å². The second-order valence-electron chi connectivity index (χ2n) is 11.8. The first-order valence-corrected chi connectivity index (χ1v) is 15.9. The van der Waals surface area contributed by atoms with Gasteiger partial charge in [0.05, 0.1) is 17.1 Å². The number of aromatic nitrogens is 3. The Kier molecular flexibility index (Phi) is 8.75. The number of thioether (sulfide) groups is 1. The Bertz CT molecular complexity index is 1910. The molecule has 1 N–H and O–H groups in total. The third kappa shape index (κ3) is 6.77. The minimum atomic E-state index is -5.85. The maximum absolute atomic E-state index is 13.2. The summed E-state index contributed by atoms with van der Waals surface area (Å²) in [6.07, 6.45) is -8.66. The number of aryl methyl sites for hydroxylation is 1. The molecule has 3 aromatic carbocycles. The Hall–Kier alpha value is -4.79. The second kappa shape index (κ2) is 12.7. The summed E-state index contributed by atoms with van der Waals surface area (Å²) in [7, 11) is 0. The van der Waals surface area contributed by atoms with E-state index in [0.717, 1.165) is 40.1 Å². The zero-order valence-corrected chi connectivity index (χ0v) is 26.7. The van der Waals surface area contributed by atoms with E-state index in [-0.39, 0.29) is 23.6 Å². The monoisotopic (exact) mass is 684 g/mol. The number of carbonyl (C=O) groups excluding carboxylic acids is 2. The molecule has 1 unspecified atom stereocenters. The molecular weight excluding hydrogens is 655 g/mol. The molecule has 0 radical (unpaired) electrons. The van der Waals surface area contributed by atoms with Crippen LogP contribution in [-0.4, -0.2) is 55.9 Å². The number of fused-ring (bicyclic) bond motifs is 1. The number of ether oxygens (including phenoxy) is 1. The average Bonchev–Trinajstić information content (AvgIpc) is 3.74. The SMILES string of the molecule is Cc1ccc(C(C)C)c(N2C(=O)CS/C2=N\C(=O)NC2Cc3ccc(-c4ncn(-c5ccc(OC(F)(F)C(F)(F)F)cc5)n4)cc3C2)c1. The molecule has 6 rings (SSSR count). The third-order valence-corrected chi connectivity index (χ3v) is 8.83. The number of nitrogens with one attached hydrogen (secondary N) is 1. The maximum Gasteiger partial charge on any atom is 0.499 e. The van der Waals surface area contributed by atoms with Crippen LogP contribution in [0.4, 0.5) is 32.4 Å². The molecule has 2 aliphatic rings. The number of hydrogen-bond donors (Lipinski definition) is 1. The van der Waals surface area contributed by atoms with E-state index in [1.807, 2.05) is 57.2 Å². The second-order valence-corrected chi connectivity index (χ2v) is 12.7. The summed E-state index contributed by atoms with van der Waals surface area (Å²) in [5.74, 6) is -0.0698. The van der Waals surface area contributed by atoms with Gasteiger partial charge in [0, 0.05) is 11.6 Å². The van der Waals surface area contributed by atoms with E-state index >= 15 is 0 Å². The summed E-state index contributed by atoms with van der Waals surface area (Å²) in [4.78, 5) is 36.1. The van der Waals surface area contributed by atoms with Gasteiger partial charge in [-0.25, -0.2) is 14.5 Å². The van der Waals surface area contributed by atoms with Crippen molar-refractivity contribution in [1.29, 1.82) is 0 Å². The standard InChI is InChI=1S/C33H29F5N6O3S/c1-18(2)26-11-4-19(3)12-27(26)44-28(45)16-48-31(44)41-30(46)40-23-14-20-5-6-21(13-22(20)15-23)29-39-17-43(42-29)24-7-9-25(10-8-24)47-33(37,38)32(34,35)36/h4-13,17-18,23H,14-16H2,1-3H3,(H,40,46)/b41-31-. The number of halogens is 5. The van der Waals surface area contributed by atoms with Gasteiger partial charge in [-0.05, 0) is 84.3 Å². The predicted molar refractivity (Wildman–Crippen MR) is 171 cm³/mol. The van der Waals surface area contributed by atoms with E-state index in [4.69, 9.17) is 0 Å². The Morgan fingerprint density at radius 2 is 1.75 bits per heavy atom. The van der Waals surface area contributed by atoms with Crippen LogP contribution in [0.3, 0.4) is 0 Å². The topological polar surface area (TPSA) is 102 Å². The highest BCUT2D eigenvalue weighted by atomic mass is 32.2. The van der Waals surface area contributed by atoms with Crippen LogP contribution in [0.1, 0.15) is 42.0 Å². The number of amides is 3. The van der Waals surface area contributed by atoms with Gasteiger partial charge in [0.1, 0.15) is 12.1 Å².